The number of aryl methyl sites for hydroxylation is 3. The number of aliphatic hydroxyl groups is 1. The summed E-state index contributed by atoms with van der Waals surface area (Å²) in [5.41, 5.74) is 4.92. The first-order valence-corrected chi connectivity index (χ1v) is 11.0. The molecule has 0 saturated carbocycles. The summed E-state index contributed by atoms with van der Waals surface area (Å²) in [5.74, 6) is 2.34. The Labute approximate surface area is 193 Å². The van der Waals surface area contributed by atoms with Crippen LogP contribution in [0.4, 0.5) is 0 Å². The maximum atomic E-state index is 10.7. The third kappa shape index (κ3) is 4.90. The molecule has 0 amide bonds. The highest BCUT2D eigenvalue weighted by molar-refractivity contribution is 6.30. The van der Waals surface area contributed by atoms with Crippen LogP contribution in [0.1, 0.15) is 22.5 Å². The van der Waals surface area contributed by atoms with Gasteiger partial charge in [-0.05, 0) is 67.8 Å². The molecule has 1 aromatic heterocycles. The highest BCUT2D eigenvalue weighted by Crippen LogP contribution is 2.25. The lowest BCUT2D eigenvalue weighted by Crippen LogP contribution is -2.25. The van der Waals surface area contributed by atoms with Gasteiger partial charge in [0.15, 0.2) is 0 Å². The molecule has 6 heteroatoms. The van der Waals surface area contributed by atoms with Crippen molar-refractivity contribution in [2.45, 2.75) is 40.0 Å². The number of imidazole rings is 1. The monoisotopic (exact) mass is 450 g/mol. The fourth-order valence-corrected chi connectivity index (χ4v) is 4.05. The number of hydrogen-bond donors (Lipinski definition) is 1. The van der Waals surface area contributed by atoms with Crippen LogP contribution in [0, 0.1) is 20.8 Å². The zero-order chi connectivity index (χ0) is 22.7. The average molecular weight is 451 g/mol. The van der Waals surface area contributed by atoms with Crippen LogP contribution in [-0.4, -0.2) is 27.4 Å². The zero-order valence-electron chi connectivity index (χ0n) is 18.5. The van der Waals surface area contributed by atoms with Gasteiger partial charge in [0.1, 0.15) is 36.6 Å². The maximum absolute atomic E-state index is 10.7. The summed E-state index contributed by atoms with van der Waals surface area (Å²) < 4.78 is 14.0. The van der Waals surface area contributed by atoms with Gasteiger partial charge in [-0.2, -0.15) is 0 Å². The number of ether oxygens (including phenoxy) is 2. The molecule has 1 atom stereocenters. The molecule has 1 unspecified atom stereocenters. The van der Waals surface area contributed by atoms with Gasteiger partial charge in [0.25, 0.3) is 0 Å². The van der Waals surface area contributed by atoms with Gasteiger partial charge in [-0.1, -0.05) is 41.9 Å². The molecule has 5 nitrogen and oxygen atoms in total. The standard InChI is InChI=1S/C26H27ClN2O3/c1-17-7-6-8-18(2)26(17)32-16-25-28-22-9-4-5-10-23(22)29(25)14-21(30)15-31-24-12-11-20(27)13-19(24)3/h4-13,21,30H,14-16H2,1-3H3. The molecule has 1 N–H and O–H groups in total. The molecular formula is C26H27ClN2O3. The van der Waals surface area contributed by atoms with Crippen molar-refractivity contribution >= 4 is 22.6 Å². The van der Waals surface area contributed by atoms with E-state index in [4.69, 9.17) is 26.1 Å². The molecular weight excluding hydrogens is 424 g/mol. The minimum atomic E-state index is -0.721. The number of halogens is 1. The molecule has 0 aliphatic carbocycles. The Morgan fingerprint density at radius 1 is 0.938 bits per heavy atom. The van der Waals surface area contributed by atoms with E-state index < -0.39 is 6.10 Å². The summed E-state index contributed by atoms with van der Waals surface area (Å²) in [7, 11) is 0. The first-order chi connectivity index (χ1) is 15.4. The smallest absolute Gasteiger partial charge is 0.148 e. The van der Waals surface area contributed by atoms with Crippen LogP contribution in [0.3, 0.4) is 0 Å². The third-order valence-corrected chi connectivity index (χ3v) is 5.68. The van der Waals surface area contributed by atoms with Gasteiger partial charge in [0.2, 0.25) is 0 Å². The summed E-state index contributed by atoms with van der Waals surface area (Å²) in [6.45, 7) is 6.81. The van der Waals surface area contributed by atoms with Crippen molar-refractivity contribution in [3.05, 3.63) is 88.2 Å². The first kappa shape index (κ1) is 22.2. The quantitative estimate of drug-likeness (QED) is 0.377. The largest absolute Gasteiger partial charge is 0.491 e. The van der Waals surface area contributed by atoms with Crippen LogP contribution < -0.4 is 9.47 Å². The minimum absolute atomic E-state index is 0.159. The number of benzene rings is 3. The summed E-state index contributed by atoms with van der Waals surface area (Å²) in [4.78, 5) is 4.75. The Hall–Kier alpha value is -3.02. The van der Waals surface area contributed by atoms with Gasteiger partial charge < -0.3 is 19.1 Å². The summed E-state index contributed by atoms with van der Waals surface area (Å²) in [6.07, 6.45) is -0.721. The summed E-state index contributed by atoms with van der Waals surface area (Å²) in [5, 5.41) is 11.4. The molecule has 3 aromatic carbocycles. The molecule has 0 aliphatic rings. The molecule has 1 heterocycles. The average Bonchev–Trinajstić information content (AvgIpc) is 3.10. The van der Waals surface area contributed by atoms with E-state index in [1.54, 1.807) is 6.07 Å². The van der Waals surface area contributed by atoms with E-state index in [1.165, 1.54) is 0 Å². The van der Waals surface area contributed by atoms with Crippen molar-refractivity contribution in [3.8, 4) is 11.5 Å². The molecule has 166 valence electrons. The number of rotatable bonds is 8. The zero-order valence-corrected chi connectivity index (χ0v) is 19.3. The number of para-hydroxylation sites is 3. The van der Waals surface area contributed by atoms with Gasteiger partial charge in [-0.25, -0.2) is 4.98 Å². The van der Waals surface area contributed by atoms with Crippen molar-refractivity contribution in [3.63, 3.8) is 0 Å². The Morgan fingerprint density at radius 2 is 1.69 bits per heavy atom. The molecule has 0 spiro atoms. The normalized spacial score (nSPS) is 12.2. The van der Waals surface area contributed by atoms with Crippen LogP contribution in [0.2, 0.25) is 5.02 Å². The van der Waals surface area contributed by atoms with Crippen molar-refractivity contribution in [1.82, 2.24) is 9.55 Å². The fourth-order valence-electron chi connectivity index (χ4n) is 3.83. The lowest BCUT2D eigenvalue weighted by molar-refractivity contribution is 0.0914. The second-order valence-corrected chi connectivity index (χ2v) is 8.45. The van der Waals surface area contributed by atoms with E-state index >= 15 is 0 Å². The second-order valence-electron chi connectivity index (χ2n) is 8.01. The Morgan fingerprint density at radius 3 is 2.44 bits per heavy atom. The maximum Gasteiger partial charge on any atom is 0.148 e. The number of aromatic nitrogens is 2. The molecule has 4 rings (SSSR count). The van der Waals surface area contributed by atoms with E-state index in [2.05, 4.69) is 0 Å². The van der Waals surface area contributed by atoms with Crippen molar-refractivity contribution in [2.24, 2.45) is 0 Å². The number of hydrogen-bond acceptors (Lipinski definition) is 4. The number of aliphatic hydroxyl groups excluding tert-OH is 1. The van der Waals surface area contributed by atoms with E-state index in [9.17, 15) is 5.11 Å². The highest BCUT2D eigenvalue weighted by atomic mass is 35.5. The van der Waals surface area contributed by atoms with Crippen LogP contribution >= 0.6 is 11.6 Å². The summed E-state index contributed by atoms with van der Waals surface area (Å²) in [6, 6.07) is 19.4. The molecule has 4 aromatic rings. The summed E-state index contributed by atoms with van der Waals surface area (Å²) >= 11 is 6.01. The van der Waals surface area contributed by atoms with Crippen LogP contribution in [0.25, 0.3) is 11.0 Å². The van der Waals surface area contributed by atoms with Crippen LogP contribution in [-0.2, 0) is 13.2 Å². The minimum Gasteiger partial charge on any atom is -0.491 e. The van der Waals surface area contributed by atoms with Crippen molar-refractivity contribution in [1.29, 1.82) is 0 Å². The molecule has 0 bridgehead atoms. The SMILES string of the molecule is Cc1cc(Cl)ccc1OCC(O)Cn1c(COc2c(C)cccc2C)nc2ccccc21. The lowest BCUT2D eigenvalue weighted by Gasteiger charge is -2.17. The molecule has 0 aliphatic heterocycles. The number of nitrogens with zero attached hydrogens (tertiary/aromatic N) is 2. The van der Waals surface area contributed by atoms with Crippen LogP contribution in [0.15, 0.2) is 60.7 Å². The van der Waals surface area contributed by atoms with E-state index in [0.29, 0.717) is 23.9 Å². The highest BCUT2D eigenvalue weighted by Gasteiger charge is 2.16. The molecule has 0 radical (unpaired) electrons. The Kier molecular flexibility index (Phi) is 6.68. The second kappa shape index (κ2) is 9.63. The van der Waals surface area contributed by atoms with Gasteiger partial charge in [0, 0.05) is 5.02 Å². The van der Waals surface area contributed by atoms with Crippen molar-refractivity contribution in [2.75, 3.05) is 6.61 Å². The number of fused-ring (bicyclic) bond motifs is 1. The predicted molar refractivity (Wildman–Crippen MR) is 128 cm³/mol. The predicted octanol–water partition coefficient (Wildman–Crippen LogP) is 5.63. The Balaban J connectivity index is 1.52. The fraction of sp³-hybridized carbons (Fsp3) is 0.269. The van der Waals surface area contributed by atoms with Crippen molar-refractivity contribution < 1.29 is 14.6 Å². The van der Waals surface area contributed by atoms with E-state index in [0.717, 1.165) is 39.3 Å². The third-order valence-electron chi connectivity index (χ3n) is 5.45. The molecule has 0 fully saturated rings. The molecule has 0 saturated heterocycles. The van der Waals surface area contributed by atoms with Gasteiger partial charge in [0.05, 0.1) is 17.6 Å². The first-order valence-electron chi connectivity index (χ1n) is 10.6. The van der Waals surface area contributed by atoms with E-state index in [-0.39, 0.29) is 6.61 Å². The van der Waals surface area contributed by atoms with Gasteiger partial charge in [-0.3, -0.25) is 0 Å². The van der Waals surface area contributed by atoms with E-state index in [1.807, 2.05) is 79.9 Å². The Bertz CT molecular complexity index is 1210. The molecule has 32 heavy (non-hydrogen) atoms. The topological polar surface area (TPSA) is 56.5 Å². The van der Waals surface area contributed by atoms with Gasteiger partial charge >= 0.3 is 0 Å². The lowest BCUT2D eigenvalue weighted by atomic mass is 10.1. The van der Waals surface area contributed by atoms with Crippen LogP contribution in [0.5, 0.6) is 11.5 Å². The van der Waals surface area contributed by atoms with Gasteiger partial charge in [-0.15, -0.1) is 0 Å².